The molecule has 102 valence electrons. The molecule has 1 atom stereocenters. The van der Waals surface area contributed by atoms with Gasteiger partial charge in [0.1, 0.15) is 0 Å². The second-order valence-corrected chi connectivity index (χ2v) is 6.79. The van der Waals surface area contributed by atoms with Crippen LogP contribution in [0.4, 0.5) is 0 Å². The summed E-state index contributed by atoms with van der Waals surface area (Å²) in [4.78, 5) is 0. The molecule has 20 heavy (non-hydrogen) atoms. The molecule has 0 radical (unpaired) electrons. The van der Waals surface area contributed by atoms with Crippen LogP contribution in [0.15, 0.2) is 42.5 Å². The van der Waals surface area contributed by atoms with E-state index in [1.165, 1.54) is 51.4 Å². The van der Waals surface area contributed by atoms with Crippen LogP contribution in [-0.2, 0) is 0 Å². The van der Waals surface area contributed by atoms with Crippen molar-refractivity contribution < 1.29 is 0 Å². The molecule has 1 fully saturated rings. The fraction of sp³-hybridized carbons (Fsp3) is 0.333. The summed E-state index contributed by atoms with van der Waals surface area (Å²) in [7, 11) is 0. The van der Waals surface area contributed by atoms with E-state index in [0.29, 0.717) is 6.04 Å². The topological polar surface area (TPSA) is 12.0 Å². The van der Waals surface area contributed by atoms with E-state index in [1.54, 1.807) is 0 Å². The molecule has 1 aromatic heterocycles. The highest BCUT2D eigenvalue weighted by Gasteiger charge is 2.14. The molecular weight excluding hydrogens is 262 g/mol. The van der Waals surface area contributed by atoms with Gasteiger partial charge >= 0.3 is 0 Å². The van der Waals surface area contributed by atoms with Crippen molar-refractivity contribution >= 4 is 31.5 Å². The predicted molar refractivity (Wildman–Crippen MR) is 88.5 cm³/mol. The number of thiophene rings is 1. The lowest BCUT2D eigenvalue weighted by Gasteiger charge is -2.16. The quantitative estimate of drug-likeness (QED) is 0.641. The van der Waals surface area contributed by atoms with Crippen molar-refractivity contribution in [2.75, 3.05) is 6.54 Å². The summed E-state index contributed by atoms with van der Waals surface area (Å²) >= 11 is 1.90. The molecule has 0 bridgehead atoms. The van der Waals surface area contributed by atoms with Gasteiger partial charge in [-0.3, -0.25) is 0 Å². The third-order valence-electron chi connectivity index (χ3n) is 4.36. The second kappa shape index (κ2) is 5.19. The Morgan fingerprint density at radius 2 is 1.80 bits per heavy atom. The molecule has 0 amide bonds. The van der Waals surface area contributed by atoms with E-state index in [-0.39, 0.29) is 0 Å². The van der Waals surface area contributed by atoms with Crippen LogP contribution in [0.3, 0.4) is 0 Å². The minimum Gasteiger partial charge on any atom is -0.310 e. The molecule has 3 aromatic rings. The van der Waals surface area contributed by atoms with Gasteiger partial charge in [-0.15, -0.1) is 11.3 Å². The van der Waals surface area contributed by atoms with Gasteiger partial charge in [-0.05, 0) is 43.1 Å². The molecular formula is C18H19NS. The van der Waals surface area contributed by atoms with Crippen molar-refractivity contribution in [3.8, 4) is 0 Å². The largest absolute Gasteiger partial charge is 0.310 e. The van der Waals surface area contributed by atoms with Gasteiger partial charge in [0.05, 0.1) is 0 Å². The number of hydrogen-bond acceptors (Lipinski definition) is 2. The first-order chi connectivity index (χ1) is 9.92. The van der Waals surface area contributed by atoms with Crippen molar-refractivity contribution in [1.82, 2.24) is 5.32 Å². The fourth-order valence-corrected chi connectivity index (χ4v) is 4.36. The Morgan fingerprint density at radius 1 is 0.900 bits per heavy atom. The third-order valence-corrected chi connectivity index (χ3v) is 5.52. The van der Waals surface area contributed by atoms with E-state index in [0.717, 1.165) is 6.54 Å². The van der Waals surface area contributed by atoms with Gasteiger partial charge in [0.25, 0.3) is 0 Å². The van der Waals surface area contributed by atoms with E-state index in [4.69, 9.17) is 0 Å². The van der Waals surface area contributed by atoms with Gasteiger partial charge < -0.3 is 5.32 Å². The van der Waals surface area contributed by atoms with Gasteiger partial charge in [-0.2, -0.15) is 0 Å². The molecule has 1 aliphatic heterocycles. The molecule has 1 unspecified atom stereocenters. The van der Waals surface area contributed by atoms with Gasteiger partial charge in [0.15, 0.2) is 0 Å². The highest BCUT2D eigenvalue weighted by Crippen LogP contribution is 2.35. The van der Waals surface area contributed by atoms with Gasteiger partial charge in [0.2, 0.25) is 0 Å². The maximum absolute atomic E-state index is 3.71. The molecule has 0 saturated carbocycles. The first kappa shape index (κ1) is 12.4. The molecule has 1 nitrogen and oxygen atoms in total. The van der Waals surface area contributed by atoms with Crippen LogP contribution in [0.5, 0.6) is 0 Å². The third kappa shape index (κ3) is 2.13. The molecule has 1 N–H and O–H groups in total. The lowest BCUT2D eigenvalue weighted by atomic mass is 10.00. The summed E-state index contributed by atoms with van der Waals surface area (Å²) < 4.78 is 2.80. The van der Waals surface area contributed by atoms with E-state index < -0.39 is 0 Å². The molecule has 1 aliphatic rings. The maximum atomic E-state index is 3.71. The Kier molecular flexibility index (Phi) is 3.21. The Balaban J connectivity index is 1.82. The summed E-state index contributed by atoms with van der Waals surface area (Å²) in [5, 5.41) is 6.54. The summed E-state index contributed by atoms with van der Waals surface area (Å²) in [5.74, 6) is 0. The number of fused-ring (bicyclic) bond motifs is 3. The summed E-state index contributed by atoms with van der Waals surface area (Å²) in [5.41, 5.74) is 1.46. The lowest BCUT2D eigenvalue weighted by Crippen LogP contribution is -2.20. The molecule has 2 heterocycles. The van der Waals surface area contributed by atoms with Crippen LogP contribution in [0, 0.1) is 0 Å². The molecule has 0 spiro atoms. The van der Waals surface area contributed by atoms with Crippen LogP contribution >= 0.6 is 11.3 Å². The zero-order valence-electron chi connectivity index (χ0n) is 11.6. The fourth-order valence-electron chi connectivity index (χ4n) is 3.27. The van der Waals surface area contributed by atoms with Crippen molar-refractivity contribution in [3.63, 3.8) is 0 Å². The summed E-state index contributed by atoms with van der Waals surface area (Å²) in [6, 6.07) is 16.3. The maximum Gasteiger partial charge on any atom is 0.0355 e. The van der Waals surface area contributed by atoms with Crippen LogP contribution in [-0.4, -0.2) is 6.54 Å². The standard InChI is InChI=1S/C18H19NS/c1-2-7-16(19-11-5-1)13-9-10-18-15(12-13)14-6-3-4-8-17(14)20-18/h3-4,6,8-10,12,16,19H,1-2,5,7,11H2. The Morgan fingerprint density at radius 3 is 2.80 bits per heavy atom. The molecule has 2 aromatic carbocycles. The average molecular weight is 281 g/mol. The number of benzene rings is 2. The van der Waals surface area contributed by atoms with Crippen molar-refractivity contribution in [2.45, 2.75) is 31.7 Å². The van der Waals surface area contributed by atoms with E-state index >= 15 is 0 Å². The minimum absolute atomic E-state index is 0.542. The number of nitrogens with one attached hydrogen (secondary N) is 1. The van der Waals surface area contributed by atoms with Gasteiger partial charge in [0, 0.05) is 26.2 Å². The Bertz CT molecular complexity index is 735. The lowest BCUT2D eigenvalue weighted by molar-refractivity contribution is 0.535. The number of rotatable bonds is 1. The minimum atomic E-state index is 0.542. The van der Waals surface area contributed by atoms with Crippen LogP contribution < -0.4 is 5.32 Å². The molecule has 0 aliphatic carbocycles. The summed E-state index contributed by atoms with van der Waals surface area (Å²) in [6.07, 6.45) is 5.31. The first-order valence-corrected chi connectivity index (χ1v) is 8.38. The molecule has 4 rings (SSSR count). The molecule has 1 saturated heterocycles. The van der Waals surface area contributed by atoms with E-state index in [1.807, 2.05) is 11.3 Å². The van der Waals surface area contributed by atoms with Crippen LogP contribution in [0.2, 0.25) is 0 Å². The SMILES string of the molecule is c1ccc2c(c1)sc1ccc(C3CCCCCN3)cc12. The highest BCUT2D eigenvalue weighted by molar-refractivity contribution is 7.25. The van der Waals surface area contributed by atoms with Crippen molar-refractivity contribution in [2.24, 2.45) is 0 Å². The normalized spacial score (nSPS) is 20.3. The number of hydrogen-bond donors (Lipinski definition) is 1. The molecule has 2 heteroatoms. The second-order valence-electron chi connectivity index (χ2n) is 5.71. The van der Waals surface area contributed by atoms with E-state index in [2.05, 4.69) is 47.8 Å². The zero-order chi connectivity index (χ0) is 13.4. The Labute approximate surface area is 123 Å². The highest BCUT2D eigenvalue weighted by atomic mass is 32.1. The van der Waals surface area contributed by atoms with E-state index in [9.17, 15) is 0 Å². The first-order valence-electron chi connectivity index (χ1n) is 7.56. The van der Waals surface area contributed by atoms with Crippen molar-refractivity contribution in [1.29, 1.82) is 0 Å². The van der Waals surface area contributed by atoms with Gasteiger partial charge in [-0.1, -0.05) is 37.1 Å². The Hall–Kier alpha value is -1.38. The average Bonchev–Trinajstić information content (AvgIpc) is 2.67. The van der Waals surface area contributed by atoms with Gasteiger partial charge in [-0.25, -0.2) is 0 Å². The van der Waals surface area contributed by atoms with Crippen LogP contribution in [0.25, 0.3) is 20.2 Å². The van der Waals surface area contributed by atoms with Crippen LogP contribution in [0.1, 0.15) is 37.3 Å². The summed E-state index contributed by atoms with van der Waals surface area (Å²) in [6.45, 7) is 1.16. The smallest absolute Gasteiger partial charge is 0.0355 e. The predicted octanol–water partition coefficient (Wildman–Crippen LogP) is 5.26. The monoisotopic (exact) mass is 281 g/mol. The van der Waals surface area contributed by atoms with Crippen molar-refractivity contribution in [3.05, 3.63) is 48.0 Å². The zero-order valence-corrected chi connectivity index (χ0v) is 12.4.